The number of ether oxygens (including phenoxy) is 1. The van der Waals surface area contributed by atoms with Gasteiger partial charge >= 0.3 is 12.1 Å². The molecule has 1 N–H and O–H groups in total. The lowest BCUT2D eigenvalue weighted by atomic mass is 9.96. The van der Waals surface area contributed by atoms with Crippen LogP contribution in [-0.2, 0) is 9.53 Å². The Labute approximate surface area is 96.7 Å². The summed E-state index contributed by atoms with van der Waals surface area (Å²) in [6.45, 7) is 2.14. The summed E-state index contributed by atoms with van der Waals surface area (Å²) in [5.74, 6) is -5.81. The van der Waals surface area contributed by atoms with Gasteiger partial charge in [0.25, 0.3) is 5.92 Å². The molecule has 1 atom stereocenters. The Bertz CT molecular complexity index is 332. The Hall–Kier alpha value is -1.66. The van der Waals surface area contributed by atoms with Gasteiger partial charge in [-0.15, -0.1) is 0 Å². The van der Waals surface area contributed by atoms with Crippen molar-refractivity contribution in [2.45, 2.75) is 12.3 Å². The fourth-order valence-electron chi connectivity index (χ4n) is 1.63. The van der Waals surface area contributed by atoms with Gasteiger partial charge in [0.05, 0.1) is 12.5 Å². The standard InChI is InChI=1S/C10H13F2NO4/c1-2-3-17-9(16)13-5-7(8(14)15)4-10(11,12)6-13/h2,7H,1,3-6H2,(H,14,15). The van der Waals surface area contributed by atoms with Gasteiger partial charge in [0.15, 0.2) is 0 Å². The van der Waals surface area contributed by atoms with Crippen LogP contribution in [0, 0.1) is 5.92 Å². The third kappa shape index (κ3) is 3.69. The van der Waals surface area contributed by atoms with E-state index < -0.39 is 36.9 Å². The van der Waals surface area contributed by atoms with Crippen molar-refractivity contribution < 1.29 is 28.2 Å². The van der Waals surface area contributed by atoms with Crippen molar-refractivity contribution in [2.24, 2.45) is 5.92 Å². The van der Waals surface area contributed by atoms with Gasteiger partial charge in [0, 0.05) is 13.0 Å². The summed E-state index contributed by atoms with van der Waals surface area (Å²) >= 11 is 0. The number of likely N-dealkylation sites (tertiary alicyclic amines) is 1. The Morgan fingerprint density at radius 3 is 2.76 bits per heavy atom. The van der Waals surface area contributed by atoms with E-state index >= 15 is 0 Å². The van der Waals surface area contributed by atoms with Crippen LogP contribution in [0.1, 0.15) is 6.42 Å². The summed E-state index contributed by atoms with van der Waals surface area (Å²) in [6.07, 6.45) is -0.405. The maximum atomic E-state index is 13.2. The molecule has 7 heteroatoms. The van der Waals surface area contributed by atoms with E-state index in [1.165, 1.54) is 6.08 Å². The molecule has 1 unspecified atom stereocenters. The molecule has 0 aromatic rings. The Kier molecular flexibility index (Phi) is 4.03. The predicted octanol–water partition coefficient (Wildman–Crippen LogP) is 1.35. The van der Waals surface area contributed by atoms with E-state index in [0.29, 0.717) is 4.90 Å². The van der Waals surface area contributed by atoms with Crippen LogP contribution < -0.4 is 0 Å². The second-order valence-electron chi connectivity index (χ2n) is 3.84. The van der Waals surface area contributed by atoms with Crippen molar-refractivity contribution in [1.29, 1.82) is 0 Å². The van der Waals surface area contributed by atoms with Crippen LogP contribution in [-0.4, -0.2) is 47.7 Å². The van der Waals surface area contributed by atoms with E-state index in [1.807, 2.05) is 0 Å². The highest BCUT2D eigenvalue weighted by Gasteiger charge is 2.45. The van der Waals surface area contributed by atoms with Gasteiger partial charge in [-0.3, -0.25) is 4.79 Å². The lowest BCUT2D eigenvalue weighted by Crippen LogP contribution is -2.51. The highest BCUT2D eigenvalue weighted by Crippen LogP contribution is 2.30. The number of alkyl halides is 2. The number of halogens is 2. The third-order valence-corrected chi connectivity index (χ3v) is 2.34. The molecule has 0 radical (unpaired) electrons. The van der Waals surface area contributed by atoms with Crippen molar-refractivity contribution >= 4 is 12.1 Å². The quantitative estimate of drug-likeness (QED) is 0.767. The summed E-state index contributed by atoms with van der Waals surface area (Å²) in [6, 6.07) is 0. The van der Waals surface area contributed by atoms with Crippen molar-refractivity contribution in [3.05, 3.63) is 12.7 Å². The normalized spacial score (nSPS) is 22.9. The molecule has 0 aliphatic carbocycles. The summed E-state index contributed by atoms with van der Waals surface area (Å²) in [5, 5.41) is 8.72. The first-order valence-electron chi connectivity index (χ1n) is 4.99. The second kappa shape index (κ2) is 5.11. The number of hydrogen-bond acceptors (Lipinski definition) is 3. The Balaban J connectivity index is 2.69. The molecule has 1 aliphatic heterocycles. The fraction of sp³-hybridized carbons (Fsp3) is 0.600. The van der Waals surface area contributed by atoms with Crippen molar-refractivity contribution in [2.75, 3.05) is 19.7 Å². The van der Waals surface area contributed by atoms with E-state index in [-0.39, 0.29) is 13.2 Å². The number of carbonyl (C=O) groups is 2. The molecule has 1 heterocycles. The largest absolute Gasteiger partial charge is 0.481 e. The number of piperidine rings is 1. The molecule has 1 saturated heterocycles. The molecule has 1 rings (SSSR count). The van der Waals surface area contributed by atoms with Gasteiger partial charge < -0.3 is 14.7 Å². The minimum absolute atomic E-state index is 0.0986. The first-order valence-corrected chi connectivity index (χ1v) is 4.99. The highest BCUT2D eigenvalue weighted by molar-refractivity contribution is 5.73. The van der Waals surface area contributed by atoms with Gasteiger partial charge in [-0.05, 0) is 0 Å². The second-order valence-corrected chi connectivity index (χ2v) is 3.84. The monoisotopic (exact) mass is 249 g/mol. The highest BCUT2D eigenvalue weighted by atomic mass is 19.3. The fourth-order valence-corrected chi connectivity index (χ4v) is 1.63. The summed E-state index contributed by atoms with van der Waals surface area (Å²) < 4.78 is 31.0. The number of carboxylic acids is 1. The molecule has 0 bridgehead atoms. The van der Waals surface area contributed by atoms with Gasteiger partial charge in [0.2, 0.25) is 0 Å². The zero-order valence-corrected chi connectivity index (χ0v) is 9.07. The topological polar surface area (TPSA) is 66.8 Å². The number of carboxylic acid groups (broad SMARTS) is 1. The van der Waals surface area contributed by atoms with Crippen LogP contribution in [0.4, 0.5) is 13.6 Å². The Morgan fingerprint density at radius 2 is 2.24 bits per heavy atom. The van der Waals surface area contributed by atoms with Gasteiger partial charge in [-0.25, -0.2) is 13.6 Å². The lowest BCUT2D eigenvalue weighted by Gasteiger charge is -2.34. The molecular weight excluding hydrogens is 236 g/mol. The summed E-state index contributed by atoms with van der Waals surface area (Å²) in [7, 11) is 0. The summed E-state index contributed by atoms with van der Waals surface area (Å²) in [4.78, 5) is 22.8. The van der Waals surface area contributed by atoms with E-state index in [0.717, 1.165) is 0 Å². The molecule has 0 spiro atoms. The zero-order valence-electron chi connectivity index (χ0n) is 9.07. The van der Waals surface area contributed by atoms with E-state index in [4.69, 9.17) is 5.11 Å². The first-order chi connectivity index (χ1) is 7.85. The number of hydrogen-bond donors (Lipinski definition) is 1. The minimum Gasteiger partial charge on any atom is -0.481 e. The van der Waals surface area contributed by atoms with Gasteiger partial charge in [-0.2, -0.15) is 0 Å². The lowest BCUT2D eigenvalue weighted by molar-refractivity contribution is -0.151. The molecule has 17 heavy (non-hydrogen) atoms. The molecule has 1 amide bonds. The number of nitrogens with zero attached hydrogens (tertiary/aromatic N) is 1. The van der Waals surface area contributed by atoms with Crippen LogP contribution in [0.5, 0.6) is 0 Å². The predicted molar refractivity (Wildman–Crippen MR) is 53.8 cm³/mol. The summed E-state index contributed by atoms with van der Waals surface area (Å²) in [5.41, 5.74) is 0. The molecule has 0 saturated carbocycles. The van der Waals surface area contributed by atoms with E-state index in [1.54, 1.807) is 0 Å². The average Bonchev–Trinajstić information content (AvgIpc) is 2.23. The van der Waals surface area contributed by atoms with E-state index in [9.17, 15) is 18.4 Å². The number of carbonyl (C=O) groups excluding carboxylic acids is 1. The number of rotatable bonds is 3. The van der Waals surface area contributed by atoms with Crippen LogP contribution in [0.15, 0.2) is 12.7 Å². The van der Waals surface area contributed by atoms with Crippen molar-refractivity contribution in [3.8, 4) is 0 Å². The SMILES string of the molecule is C=CCOC(=O)N1CC(C(=O)O)CC(F)(F)C1. The average molecular weight is 249 g/mol. The van der Waals surface area contributed by atoms with Crippen LogP contribution in [0.25, 0.3) is 0 Å². The van der Waals surface area contributed by atoms with Crippen molar-refractivity contribution in [1.82, 2.24) is 4.90 Å². The zero-order chi connectivity index (χ0) is 13.1. The number of amides is 1. The van der Waals surface area contributed by atoms with Crippen molar-refractivity contribution in [3.63, 3.8) is 0 Å². The maximum Gasteiger partial charge on any atom is 0.410 e. The van der Waals surface area contributed by atoms with E-state index in [2.05, 4.69) is 11.3 Å². The maximum absolute atomic E-state index is 13.2. The molecule has 0 aromatic heterocycles. The first kappa shape index (κ1) is 13.4. The smallest absolute Gasteiger partial charge is 0.410 e. The molecule has 1 aliphatic rings. The molecule has 0 aromatic carbocycles. The number of aliphatic carboxylic acids is 1. The van der Waals surface area contributed by atoms with Gasteiger partial charge in [0.1, 0.15) is 6.61 Å². The molecule has 5 nitrogen and oxygen atoms in total. The Morgan fingerprint density at radius 1 is 1.59 bits per heavy atom. The molecule has 96 valence electrons. The minimum atomic E-state index is -3.20. The molecule has 1 fully saturated rings. The van der Waals surface area contributed by atoms with Gasteiger partial charge in [-0.1, -0.05) is 12.7 Å². The van der Waals surface area contributed by atoms with Crippen LogP contribution in [0.2, 0.25) is 0 Å². The molecular formula is C10H13F2NO4. The van der Waals surface area contributed by atoms with Crippen LogP contribution in [0.3, 0.4) is 0 Å². The third-order valence-electron chi connectivity index (χ3n) is 2.34. The van der Waals surface area contributed by atoms with Crippen LogP contribution >= 0.6 is 0 Å².